The molecule has 0 spiro atoms. The van der Waals surface area contributed by atoms with Crippen LogP contribution in [-0.2, 0) is 10.3 Å². The summed E-state index contributed by atoms with van der Waals surface area (Å²) >= 11 is 0. The predicted octanol–water partition coefficient (Wildman–Crippen LogP) is 0.691. The first-order valence-electron chi connectivity index (χ1n) is 5.60. The van der Waals surface area contributed by atoms with Crippen molar-refractivity contribution >= 4 is 10.3 Å². The van der Waals surface area contributed by atoms with Gasteiger partial charge < -0.3 is 9.04 Å². The summed E-state index contributed by atoms with van der Waals surface area (Å²) in [6.45, 7) is 0. The average molecular weight is 252 g/mol. The van der Waals surface area contributed by atoms with Gasteiger partial charge in [0.25, 0.3) is 0 Å². The molecule has 0 amide bonds. The zero-order valence-electron chi connectivity index (χ0n) is 10.7. The van der Waals surface area contributed by atoms with Gasteiger partial charge in [0.1, 0.15) is 0 Å². The van der Waals surface area contributed by atoms with Crippen molar-refractivity contribution in [2.75, 3.05) is 28.2 Å². The summed E-state index contributed by atoms with van der Waals surface area (Å²) in [5.74, 6) is 0. The molecule has 1 aliphatic carbocycles. The first kappa shape index (κ1) is 15.8. The summed E-state index contributed by atoms with van der Waals surface area (Å²) in [5, 5.41) is 0. The third kappa shape index (κ3) is 13.8. The number of rotatable bonds is 2. The van der Waals surface area contributed by atoms with Gasteiger partial charge in [0.05, 0.1) is 28.2 Å². The molecule has 1 fully saturated rings. The topological polar surface area (TPSA) is 69.2 Å². The standard InChI is InChI=1S/C6H13NO3S.C4H12N/c8-11(9,10)7-6-4-2-1-3-5-6;1-5(2,3)4/h6-7H,1-5H2,(H,8,9,10);1-4H3/q;+1/p-1. The molecule has 1 aliphatic rings. The molecule has 6 heteroatoms. The largest absolute Gasteiger partial charge is 0.735 e. The Balaban J connectivity index is 0.000000385. The highest BCUT2D eigenvalue weighted by Gasteiger charge is 2.14. The van der Waals surface area contributed by atoms with E-state index in [2.05, 4.69) is 32.9 Å². The summed E-state index contributed by atoms with van der Waals surface area (Å²) < 4.78 is 33.8. The van der Waals surface area contributed by atoms with Crippen molar-refractivity contribution in [3.8, 4) is 0 Å². The maximum atomic E-state index is 10.2. The van der Waals surface area contributed by atoms with Crippen LogP contribution >= 0.6 is 0 Å². The van der Waals surface area contributed by atoms with E-state index in [0.29, 0.717) is 0 Å². The number of nitrogens with zero attached hydrogens (tertiary/aromatic N) is 1. The van der Waals surface area contributed by atoms with E-state index in [1.165, 1.54) is 0 Å². The van der Waals surface area contributed by atoms with Gasteiger partial charge in [0, 0.05) is 6.04 Å². The molecule has 0 aromatic rings. The quantitative estimate of drug-likeness (QED) is 0.581. The van der Waals surface area contributed by atoms with Gasteiger partial charge in [-0.15, -0.1) is 0 Å². The van der Waals surface area contributed by atoms with Gasteiger partial charge in [-0.1, -0.05) is 19.3 Å². The number of hydrogen-bond donors (Lipinski definition) is 1. The molecule has 0 aromatic carbocycles. The average Bonchev–Trinajstić information content (AvgIpc) is 1.99. The van der Waals surface area contributed by atoms with E-state index in [1.54, 1.807) is 0 Å². The first-order valence-corrected chi connectivity index (χ1v) is 7.01. The van der Waals surface area contributed by atoms with Crippen LogP contribution in [0.2, 0.25) is 0 Å². The molecule has 0 unspecified atom stereocenters. The lowest BCUT2D eigenvalue weighted by Gasteiger charge is -2.23. The molecule has 0 saturated heterocycles. The molecule has 5 nitrogen and oxygen atoms in total. The summed E-state index contributed by atoms with van der Waals surface area (Å²) in [6.07, 6.45) is 4.81. The van der Waals surface area contributed by atoms with E-state index in [0.717, 1.165) is 36.6 Å². The van der Waals surface area contributed by atoms with Crippen molar-refractivity contribution in [3.05, 3.63) is 0 Å². The van der Waals surface area contributed by atoms with E-state index in [-0.39, 0.29) is 6.04 Å². The summed E-state index contributed by atoms with van der Waals surface area (Å²) in [5.41, 5.74) is 0. The number of nitrogens with one attached hydrogen (secondary N) is 1. The fraction of sp³-hybridized carbons (Fsp3) is 1.00. The van der Waals surface area contributed by atoms with Gasteiger partial charge in [-0.25, -0.2) is 13.1 Å². The third-order valence-corrected chi connectivity index (χ3v) is 2.54. The Labute approximate surface area is 99.3 Å². The highest BCUT2D eigenvalue weighted by atomic mass is 32.2. The lowest BCUT2D eigenvalue weighted by molar-refractivity contribution is -0.849. The summed E-state index contributed by atoms with van der Waals surface area (Å²) in [7, 11) is 4.28. The molecular weight excluding hydrogens is 228 g/mol. The molecular formula is C10H24N2O3S. The molecule has 0 heterocycles. The van der Waals surface area contributed by atoms with E-state index in [1.807, 2.05) is 0 Å². The molecule has 1 N–H and O–H groups in total. The zero-order valence-corrected chi connectivity index (χ0v) is 11.5. The van der Waals surface area contributed by atoms with Crippen LogP contribution in [0.4, 0.5) is 0 Å². The van der Waals surface area contributed by atoms with Crippen LogP contribution in [0.1, 0.15) is 32.1 Å². The molecule has 0 aliphatic heterocycles. The minimum absolute atomic E-state index is 0.105. The smallest absolute Gasteiger partial charge is 0.159 e. The van der Waals surface area contributed by atoms with Crippen molar-refractivity contribution in [2.24, 2.45) is 0 Å². The van der Waals surface area contributed by atoms with Crippen LogP contribution in [-0.4, -0.2) is 51.7 Å². The van der Waals surface area contributed by atoms with Crippen molar-refractivity contribution in [2.45, 2.75) is 38.1 Å². The minimum atomic E-state index is -4.22. The summed E-state index contributed by atoms with van der Waals surface area (Å²) in [6, 6.07) is -0.105. The lowest BCUT2D eigenvalue weighted by Crippen LogP contribution is -2.35. The van der Waals surface area contributed by atoms with Gasteiger partial charge in [-0.2, -0.15) is 0 Å². The fourth-order valence-corrected chi connectivity index (χ4v) is 2.07. The highest BCUT2D eigenvalue weighted by molar-refractivity contribution is 7.83. The molecule has 0 aromatic heterocycles. The lowest BCUT2D eigenvalue weighted by atomic mass is 9.96. The highest BCUT2D eigenvalue weighted by Crippen LogP contribution is 2.17. The zero-order chi connectivity index (χ0) is 12.8. The molecule has 16 heavy (non-hydrogen) atoms. The second-order valence-corrected chi connectivity index (χ2v) is 6.73. The SMILES string of the molecule is C[N+](C)(C)C.O=S(=O)([O-])NC1CCCCC1. The summed E-state index contributed by atoms with van der Waals surface area (Å²) in [4.78, 5) is 0. The Morgan fingerprint density at radius 3 is 1.75 bits per heavy atom. The monoisotopic (exact) mass is 252 g/mol. The first-order chi connectivity index (χ1) is 7.08. The van der Waals surface area contributed by atoms with Crippen molar-refractivity contribution in [1.29, 1.82) is 0 Å². The van der Waals surface area contributed by atoms with Crippen LogP contribution < -0.4 is 4.72 Å². The third-order valence-electron chi connectivity index (χ3n) is 1.92. The Morgan fingerprint density at radius 2 is 1.44 bits per heavy atom. The van der Waals surface area contributed by atoms with Crippen molar-refractivity contribution in [1.82, 2.24) is 4.72 Å². The molecule has 0 atom stereocenters. The van der Waals surface area contributed by atoms with Crippen LogP contribution in [0.15, 0.2) is 0 Å². The van der Waals surface area contributed by atoms with E-state index >= 15 is 0 Å². The minimum Gasteiger partial charge on any atom is -0.735 e. The second kappa shape index (κ2) is 6.54. The van der Waals surface area contributed by atoms with Gasteiger partial charge in [0.2, 0.25) is 0 Å². The molecule has 98 valence electrons. The van der Waals surface area contributed by atoms with Crippen LogP contribution in [0.3, 0.4) is 0 Å². The van der Waals surface area contributed by atoms with Crippen LogP contribution in [0, 0.1) is 0 Å². The van der Waals surface area contributed by atoms with Crippen molar-refractivity contribution < 1.29 is 17.5 Å². The van der Waals surface area contributed by atoms with Crippen LogP contribution in [0.5, 0.6) is 0 Å². The molecule has 1 saturated carbocycles. The Morgan fingerprint density at radius 1 is 1.06 bits per heavy atom. The Bertz CT molecular complexity index is 271. The van der Waals surface area contributed by atoms with E-state index in [9.17, 15) is 13.0 Å². The second-order valence-electron chi connectivity index (χ2n) is 5.59. The van der Waals surface area contributed by atoms with Crippen LogP contribution in [0.25, 0.3) is 0 Å². The number of quaternary nitrogens is 1. The van der Waals surface area contributed by atoms with Gasteiger partial charge in [-0.05, 0) is 12.8 Å². The van der Waals surface area contributed by atoms with Crippen molar-refractivity contribution in [3.63, 3.8) is 0 Å². The van der Waals surface area contributed by atoms with E-state index in [4.69, 9.17) is 0 Å². The predicted molar refractivity (Wildman–Crippen MR) is 63.7 cm³/mol. The maximum Gasteiger partial charge on any atom is 0.159 e. The van der Waals surface area contributed by atoms with Gasteiger partial charge in [-0.3, -0.25) is 0 Å². The Hall–Kier alpha value is -0.170. The normalized spacial score (nSPS) is 18.8. The van der Waals surface area contributed by atoms with E-state index < -0.39 is 10.3 Å². The van der Waals surface area contributed by atoms with Gasteiger partial charge in [0.15, 0.2) is 10.3 Å². The Kier molecular flexibility index (Phi) is 6.47. The molecule has 1 rings (SSSR count). The maximum absolute atomic E-state index is 10.2. The molecule has 0 bridgehead atoms. The van der Waals surface area contributed by atoms with Gasteiger partial charge >= 0.3 is 0 Å². The number of hydrogen-bond acceptors (Lipinski definition) is 3. The fourth-order valence-electron chi connectivity index (χ4n) is 1.42. The molecule has 0 radical (unpaired) electrons.